The maximum atomic E-state index is 12.8. The van der Waals surface area contributed by atoms with Crippen molar-refractivity contribution in [1.82, 2.24) is 10.3 Å². The van der Waals surface area contributed by atoms with Gasteiger partial charge in [0.15, 0.2) is 5.43 Å². The highest BCUT2D eigenvalue weighted by Gasteiger charge is 2.14. The molecule has 104 valence electrons. The van der Waals surface area contributed by atoms with E-state index in [1.807, 2.05) is 0 Å². The quantitative estimate of drug-likeness (QED) is 0.902. The number of hydrogen-bond donors (Lipinski definition) is 2. The number of H-pyrrole nitrogens is 1. The lowest BCUT2D eigenvalue weighted by Gasteiger charge is -2.14. The molecule has 0 radical (unpaired) electrons. The van der Waals surface area contributed by atoms with Gasteiger partial charge in [0.25, 0.3) is 5.91 Å². The average molecular weight is 274 g/mol. The Balaban J connectivity index is 2.15. The molecule has 5 heteroatoms. The van der Waals surface area contributed by atoms with E-state index in [2.05, 4.69) is 10.3 Å². The van der Waals surface area contributed by atoms with E-state index in [-0.39, 0.29) is 22.9 Å². The summed E-state index contributed by atoms with van der Waals surface area (Å²) in [6, 6.07) is 6.91. The van der Waals surface area contributed by atoms with Gasteiger partial charge in [-0.15, -0.1) is 0 Å². The van der Waals surface area contributed by atoms with E-state index < -0.39 is 5.91 Å². The van der Waals surface area contributed by atoms with Crippen LogP contribution in [0.15, 0.2) is 41.3 Å². The first-order valence-corrected chi connectivity index (χ1v) is 6.23. The molecule has 2 rings (SSSR count). The molecule has 0 aliphatic heterocycles. The van der Waals surface area contributed by atoms with Crippen LogP contribution >= 0.6 is 0 Å². The van der Waals surface area contributed by atoms with Gasteiger partial charge in [-0.05, 0) is 31.5 Å². The van der Waals surface area contributed by atoms with E-state index in [1.165, 1.54) is 24.4 Å². The van der Waals surface area contributed by atoms with Gasteiger partial charge >= 0.3 is 0 Å². The van der Waals surface area contributed by atoms with E-state index in [0.717, 1.165) is 5.56 Å². The third-order valence-electron chi connectivity index (χ3n) is 3.02. The fraction of sp³-hybridized carbons (Fsp3) is 0.200. The van der Waals surface area contributed by atoms with Crippen molar-refractivity contribution in [2.24, 2.45) is 0 Å². The summed E-state index contributed by atoms with van der Waals surface area (Å²) in [4.78, 5) is 26.6. The van der Waals surface area contributed by atoms with Crippen molar-refractivity contribution >= 4 is 5.91 Å². The molecule has 4 nitrogen and oxygen atoms in total. The monoisotopic (exact) mass is 274 g/mol. The number of aromatic amines is 1. The van der Waals surface area contributed by atoms with Gasteiger partial charge in [0.1, 0.15) is 11.4 Å². The van der Waals surface area contributed by atoms with Crippen LogP contribution in [0.4, 0.5) is 4.39 Å². The van der Waals surface area contributed by atoms with Gasteiger partial charge in [-0.25, -0.2) is 4.39 Å². The normalized spacial score (nSPS) is 11.9. The molecule has 20 heavy (non-hydrogen) atoms. The number of rotatable bonds is 3. The van der Waals surface area contributed by atoms with E-state index in [1.54, 1.807) is 26.0 Å². The van der Waals surface area contributed by atoms with Gasteiger partial charge in [0.2, 0.25) is 0 Å². The van der Waals surface area contributed by atoms with Crippen molar-refractivity contribution in [2.75, 3.05) is 0 Å². The van der Waals surface area contributed by atoms with E-state index in [4.69, 9.17) is 0 Å². The molecule has 1 unspecified atom stereocenters. The van der Waals surface area contributed by atoms with Crippen LogP contribution in [0.5, 0.6) is 0 Å². The van der Waals surface area contributed by atoms with Crippen LogP contribution in [-0.4, -0.2) is 10.9 Å². The standard InChI is InChI=1S/C15H15FN2O2/c1-9-7-14(19)13(8-17-9)15(20)18-10(2)11-3-5-12(16)6-4-11/h3-8,10H,1-2H3,(H,17,19)(H,18,20). The fourth-order valence-electron chi connectivity index (χ4n) is 1.86. The number of nitrogens with one attached hydrogen (secondary N) is 2. The van der Waals surface area contributed by atoms with Crippen molar-refractivity contribution in [2.45, 2.75) is 19.9 Å². The molecule has 0 aliphatic carbocycles. The summed E-state index contributed by atoms with van der Waals surface area (Å²) in [5.41, 5.74) is 1.19. The Labute approximate surface area is 115 Å². The minimum absolute atomic E-state index is 0.0598. The Bertz CT molecular complexity index is 677. The molecule has 1 aromatic carbocycles. The molecule has 0 saturated carbocycles. The highest BCUT2D eigenvalue weighted by atomic mass is 19.1. The second-order valence-electron chi connectivity index (χ2n) is 4.64. The van der Waals surface area contributed by atoms with Gasteiger partial charge in [-0.2, -0.15) is 0 Å². The first-order chi connectivity index (χ1) is 9.47. The maximum absolute atomic E-state index is 12.8. The number of amides is 1. The number of carbonyl (C=O) groups excluding carboxylic acids is 1. The van der Waals surface area contributed by atoms with Gasteiger partial charge in [0, 0.05) is 18.0 Å². The molecule has 1 heterocycles. The van der Waals surface area contributed by atoms with E-state index >= 15 is 0 Å². The zero-order chi connectivity index (χ0) is 14.7. The smallest absolute Gasteiger partial charge is 0.257 e. The summed E-state index contributed by atoms with van der Waals surface area (Å²) in [5.74, 6) is -0.787. The Hall–Kier alpha value is -2.43. The number of aromatic nitrogens is 1. The van der Waals surface area contributed by atoms with Crippen LogP contribution in [0, 0.1) is 12.7 Å². The first-order valence-electron chi connectivity index (χ1n) is 6.23. The van der Waals surface area contributed by atoms with Gasteiger partial charge < -0.3 is 10.3 Å². The average Bonchev–Trinajstić information content (AvgIpc) is 2.39. The van der Waals surface area contributed by atoms with Gasteiger partial charge in [0.05, 0.1) is 6.04 Å². The Morgan fingerprint density at radius 2 is 1.95 bits per heavy atom. The van der Waals surface area contributed by atoms with Gasteiger partial charge in [-0.1, -0.05) is 12.1 Å². The highest BCUT2D eigenvalue weighted by molar-refractivity contribution is 5.94. The predicted molar refractivity (Wildman–Crippen MR) is 74.1 cm³/mol. The predicted octanol–water partition coefficient (Wildman–Crippen LogP) is 2.31. The Kier molecular flexibility index (Phi) is 3.98. The summed E-state index contributed by atoms with van der Waals surface area (Å²) in [7, 11) is 0. The van der Waals surface area contributed by atoms with Crippen LogP contribution in [0.1, 0.15) is 34.6 Å². The molecule has 0 saturated heterocycles. The first kappa shape index (κ1) is 14.0. The molecular weight excluding hydrogens is 259 g/mol. The van der Waals surface area contributed by atoms with Crippen molar-refractivity contribution in [3.8, 4) is 0 Å². The number of halogens is 1. The second-order valence-corrected chi connectivity index (χ2v) is 4.64. The zero-order valence-corrected chi connectivity index (χ0v) is 11.2. The Morgan fingerprint density at radius 3 is 2.55 bits per heavy atom. The molecular formula is C15H15FN2O2. The van der Waals surface area contributed by atoms with Crippen LogP contribution < -0.4 is 10.7 Å². The third-order valence-corrected chi connectivity index (χ3v) is 3.02. The fourth-order valence-corrected chi connectivity index (χ4v) is 1.86. The molecule has 2 N–H and O–H groups in total. The van der Waals surface area contributed by atoms with E-state index in [9.17, 15) is 14.0 Å². The number of aryl methyl sites for hydroxylation is 1. The lowest BCUT2D eigenvalue weighted by molar-refractivity contribution is 0.0938. The minimum atomic E-state index is -0.455. The summed E-state index contributed by atoms with van der Waals surface area (Å²) in [6.07, 6.45) is 1.39. The van der Waals surface area contributed by atoms with Gasteiger partial charge in [-0.3, -0.25) is 9.59 Å². The number of carbonyl (C=O) groups is 1. The molecule has 1 atom stereocenters. The van der Waals surface area contributed by atoms with Crippen molar-refractivity contribution in [3.63, 3.8) is 0 Å². The number of benzene rings is 1. The molecule has 0 bridgehead atoms. The number of pyridine rings is 1. The minimum Gasteiger partial charge on any atom is -0.364 e. The van der Waals surface area contributed by atoms with E-state index in [0.29, 0.717) is 5.69 Å². The zero-order valence-electron chi connectivity index (χ0n) is 11.2. The third kappa shape index (κ3) is 3.12. The van der Waals surface area contributed by atoms with Crippen LogP contribution in [0.2, 0.25) is 0 Å². The number of hydrogen-bond acceptors (Lipinski definition) is 2. The SMILES string of the molecule is Cc1cc(=O)c(C(=O)NC(C)c2ccc(F)cc2)c[nH]1. The molecule has 2 aromatic rings. The molecule has 1 aromatic heterocycles. The molecule has 1 amide bonds. The summed E-state index contributed by atoms with van der Waals surface area (Å²) in [5, 5.41) is 2.71. The van der Waals surface area contributed by atoms with Crippen LogP contribution in [0.3, 0.4) is 0 Å². The van der Waals surface area contributed by atoms with Crippen molar-refractivity contribution in [1.29, 1.82) is 0 Å². The summed E-state index contributed by atoms with van der Waals surface area (Å²) < 4.78 is 12.8. The topological polar surface area (TPSA) is 62.0 Å². The summed E-state index contributed by atoms with van der Waals surface area (Å²) in [6.45, 7) is 3.51. The lowest BCUT2D eigenvalue weighted by Crippen LogP contribution is -2.30. The highest BCUT2D eigenvalue weighted by Crippen LogP contribution is 2.13. The largest absolute Gasteiger partial charge is 0.364 e. The maximum Gasteiger partial charge on any atom is 0.257 e. The molecule has 0 spiro atoms. The van der Waals surface area contributed by atoms with Crippen LogP contribution in [0.25, 0.3) is 0 Å². The Morgan fingerprint density at radius 1 is 1.30 bits per heavy atom. The van der Waals surface area contributed by atoms with Crippen molar-refractivity contribution in [3.05, 3.63) is 69.4 Å². The lowest BCUT2D eigenvalue weighted by atomic mass is 10.1. The molecule has 0 aliphatic rings. The van der Waals surface area contributed by atoms with Crippen LogP contribution in [-0.2, 0) is 0 Å². The summed E-state index contributed by atoms with van der Waals surface area (Å²) >= 11 is 0. The van der Waals surface area contributed by atoms with Crippen molar-refractivity contribution < 1.29 is 9.18 Å². The molecule has 0 fully saturated rings. The second kappa shape index (κ2) is 5.69.